The van der Waals surface area contributed by atoms with E-state index in [0.717, 1.165) is 6.54 Å². The fourth-order valence-electron chi connectivity index (χ4n) is 2.03. The molecule has 0 aromatic heterocycles. The van der Waals surface area contributed by atoms with Gasteiger partial charge in [0, 0.05) is 19.1 Å². The second-order valence-electron chi connectivity index (χ2n) is 5.48. The van der Waals surface area contributed by atoms with E-state index in [-0.39, 0.29) is 12.6 Å². The van der Waals surface area contributed by atoms with Crippen LogP contribution in [-0.4, -0.2) is 36.2 Å². The summed E-state index contributed by atoms with van der Waals surface area (Å²) in [5, 5.41) is 8.97. The van der Waals surface area contributed by atoms with Crippen molar-refractivity contribution in [3.63, 3.8) is 0 Å². The van der Waals surface area contributed by atoms with E-state index in [9.17, 15) is 0 Å². The summed E-state index contributed by atoms with van der Waals surface area (Å²) in [6.07, 6.45) is 0. The molecule has 0 saturated carbocycles. The molecule has 0 radical (unpaired) electrons. The maximum absolute atomic E-state index is 8.97. The van der Waals surface area contributed by atoms with E-state index < -0.39 is 0 Å². The third-order valence-electron chi connectivity index (χ3n) is 3.26. The zero-order valence-corrected chi connectivity index (χ0v) is 12.0. The van der Waals surface area contributed by atoms with Gasteiger partial charge in [-0.1, -0.05) is 32.0 Å². The lowest BCUT2D eigenvalue weighted by Gasteiger charge is -2.21. The van der Waals surface area contributed by atoms with Gasteiger partial charge in [0.25, 0.3) is 0 Å². The molecule has 0 heterocycles. The molecule has 0 saturated heterocycles. The molecule has 1 rings (SSSR count). The maximum Gasteiger partial charge on any atom is 0.0595 e. The van der Waals surface area contributed by atoms with E-state index in [4.69, 9.17) is 10.8 Å². The van der Waals surface area contributed by atoms with Crippen molar-refractivity contribution in [2.45, 2.75) is 39.3 Å². The van der Waals surface area contributed by atoms with Crippen LogP contribution >= 0.6 is 0 Å². The average molecular weight is 250 g/mol. The van der Waals surface area contributed by atoms with Gasteiger partial charge in [0.15, 0.2) is 0 Å². The van der Waals surface area contributed by atoms with E-state index in [1.165, 1.54) is 16.7 Å². The molecule has 3 heteroatoms. The molecule has 0 aliphatic carbocycles. The van der Waals surface area contributed by atoms with E-state index in [1.54, 1.807) is 0 Å². The highest BCUT2D eigenvalue weighted by Crippen LogP contribution is 2.19. The Hall–Kier alpha value is -0.900. The number of aliphatic hydroxyl groups is 1. The summed E-state index contributed by atoms with van der Waals surface area (Å²) in [4.78, 5) is 2.16. The second-order valence-corrected chi connectivity index (χ2v) is 5.48. The Morgan fingerprint density at radius 3 is 2.56 bits per heavy atom. The van der Waals surface area contributed by atoms with Gasteiger partial charge in [0.2, 0.25) is 0 Å². The first-order valence-corrected chi connectivity index (χ1v) is 6.58. The molecule has 0 bridgehead atoms. The van der Waals surface area contributed by atoms with Gasteiger partial charge >= 0.3 is 0 Å². The molecule has 102 valence electrons. The summed E-state index contributed by atoms with van der Waals surface area (Å²) >= 11 is 0. The van der Waals surface area contributed by atoms with Crippen LogP contribution in [0.2, 0.25) is 0 Å². The molecule has 1 atom stereocenters. The molecule has 1 aromatic rings. The average Bonchev–Trinajstić information content (AvgIpc) is 2.31. The highest BCUT2D eigenvalue weighted by molar-refractivity contribution is 5.32. The van der Waals surface area contributed by atoms with Gasteiger partial charge in [0.1, 0.15) is 0 Å². The third-order valence-corrected chi connectivity index (χ3v) is 3.26. The van der Waals surface area contributed by atoms with Gasteiger partial charge in [0.05, 0.1) is 6.61 Å². The van der Waals surface area contributed by atoms with Gasteiger partial charge < -0.3 is 15.7 Å². The number of likely N-dealkylation sites (N-methyl/N-ethyl adjacent to an activating group) is 1. The molecule has 1 unspecified atom stereocenters. The van der Waals surface area contributed by atoms with Crippen LogP contribution in [0.3, 0.4) is 0 Å². The first kappa shape index (κ1) is 15.2. The molecule has 0 aliphatic rings. The predicted molar refractivity (Wildman–Crippen MR) is 76.7 cm³/mol. The lowest BCUT2D eigenvalue weighted by molar-refractivity contribution is 0.218. The summed E-state index contributed by atoms with van der Waals surface area (Å²) in [5.74, 6) is 0.550. The quantitative estimate of drug-likeness (QED) is 0.810. The molecule has 0 aliphatic heterocycles. The Morgan fingerprint density at radius 1 is 1.33 bits per heavy atom. The van der Waals surface area contributed by atoms with Crippen molar-refractivity contribution in [2.24, 2.45) is 5.73 Å². The molecule has 3 N–H and O–H groups in total. The number of hydrogen-bond acceptors (Lipinski definition) is 3. The van der Waals surface area contributed by atoms with Crippen LogP contribution in [0.15, 0.2) is 18.2 Å². The Bertz CT molecular complexity index is 377. The van der Waals surface area contributed by atoms with E-state index in [1.807, 2.05) is 7.05 Å². The van der Waals surface area contributed by atoms with E-state index in [0.29, 0.717) is 12.5 Å². The predicted octanol–water partition coefficient (Wildman–Crippen LogP) is 1.87. The summed E-state index contributed by atoms with van der Waals surface area (Å²) in [7, 11) is 2.04. The van der Waals surface area contributed by atoms with Crippen LogP contribution in [0, 0.1) is 6.92 Å². The lowest BCUT2D eigenvalue weighted by atomic mass is 9.97. The molecule has 1 aromatic carbocycles. The van der Waals surface area contributed by atoms with Crippen LogP contribution in [0.1, 0.15) is 36.5 Å². The molecule has 3 nitrogen and oxygen atoms in total. The fourth-order valence-corrected chi connectivity index (χ4v) is 2.03. The standard InChI is InChI=1S/C15H26N2O/c1-11(2)13-6-5-12(3)14(7-13)8-17(4)9-15(16)10-18/h5-7,11,15,18H,8-10,16H2,1-4H3. The number of nitrogens with two attached hydrogens (primary N) is 1. The highest BCUT2D eigenvalue weighted by Gasteiger charge is 2.09. The number of nitrogens with zero attached hydrogens (tertiary/aromatic N) is 1. The normalized spacial score (nSPS) is 13.3. The Labute approximate surface area is 111 Å². The lowest BCUT2D eigenvalue weighted by Crippen LogP contribution is -2.37. The molecule has 18 heavy (non-hydrogen) atoms. The van der Waals surface area contributed by atoms with Gasteiger partial charge in [-0.25, -0.2) is 0 Å². The second kappa shape index (κ2) is 6.88. The first-order valence-electron chi connectivity index (χ1n) is 6.58. The topological polar surface area (TPSA) is 49.5 Å². The minimum Gasteiger partial charge on any atom is -0.395 e. The monoisotopic (exact) mass is 250 g/mol. The summed E-state index contributed by atoms with van der Waals surface area (Å²) < 4.78 is 0. The Kier molecular flexibility index (Phi) is 5.79. The minimum atomic E-state index is -0.163. The van der Waals surface area contributed by atoms with E-state index >= 15 is 0 Å². The minimum absolute atomic E-state index is 0.0371. The van der Waals surface area contributed by atoms with Crippen molar-refractivity contribution in [3.05, 3.63) is 34.9 Å². The third kappa shape index (κ3) is 4.41. The fraction of sp³-hybridized carbons (Fsp3) is 0.600. The van der Waals surface area contributed by atoms with Crippen molar-refractivity contribution in [1.29, 1.82) is 0 Å². The number of aliphatic hydroxyl groups excluding tert-OH is 1. The smallest absolute Gasteiger partial charge is 0.0595 e. The zero-order valence-electron chi connectivity index (χ0n) is 12.0. The van der Waals surface area contributed by atoms with Gasteiger partial charge in [-0.2, -0.15) is 0 Å². The number of hydrogen-bond donors (Lipinski definition) is 2. The summed E-state index contributed by atoms with van der Waals surface area (Å²) in [6, 6.07) is 6.50. The van der Waals surface area contributed by atoms with Crippen molar-refractivity contribution in [2.75, 3.05) is 20.2 Å². The van der Waals surface area contributed by atoms with Crippen LogP contribution in [0.4, 0.5) is 0 Å². The molecule has 0 fully saturated rings. The van der Waals surface area contributed by atoms with Gasteiger partial charge in [-0.3, -0.25) is 0 Å². The Morgan fingerprint density at radius 2 is 2.00 bits per heavy atom. The summed E-state index contributed by atoms with van der Waals surface area (Å²) in [5.41, 5.74) is 9.77. The molecule has 0 spiro atoms. The van der Waals surface area contributed by atoms with E-state index in [2.05, 4.69) is 43.9 Å². The van der Waals surface area contributed by atoms with Crippen LogP contribution in [-0.2, 0) is 6.54 Å². The SMILES string of the molecule is Cc1ccc(C(C)C)cc1CN(C)CC(N)CO. The Balaban J connectivity index is 2.73. The maximum atomic E-state index is 8.97. The van der Waals surface area contributed by atoms with Crippen LogP contribution in [0.25, 0.3) is 0 Å². The summed E-state index contributed by atoms with van der Waals surface area (Å²) in [6.45, 7) is 8.18. The largest absolute Gasteiger partial charge is 0.395 e. The van der Waals surface area contributed by atoms with Crippen LogP contribution in [0.5, 0.6) is 0 Å². The first-order chi connectivity index (χ1) is 8.43. The molecular formula is C15H26N2O. The van der Waals surface area contributed by atoms with Gasteiger partial charge in [-0.15, -0.1) is 0 Å². The number of benzene rings is 1. The number of rotatable bonds is 6. The molecule has 0 amide bonds. The van der Waals surface area contributed by atoms with Crippen molar-refractivity contribution >= 4 is 0 Å². The molecular weight excluding hydrogens is 224 g/mol. The highest BCUT2D eigenvalue weighted by atomic mass is 16.3. The van der Waals surface area contributed by atoms with Crippen molar-refractivity contribution in [1.82, 2.24) is 4.90 Å². The van der Waals surface area contributed by atoms with Crippen molar-refractivity contribution in [3.8, 4) is 0 Å². The van der Waals surface area contributed by atoms with Crippen molar-refractivity contribution < 1.29 is 5.11 Å². The number of aryl methyl sites for hydroxylation is 1. The van der Waals surface area contributed by atoms with Crippen LogP contribution < -0.4 is 5.73 Å². The van der Waals surface area contributed by atoms with Gasteiger partial charge in [-0.05, 0) is 36.6 Å². The zero-order chi connectivity index (χ0) is 13.7.